The molecule has 1 heterocycles. The summed E-state index contributed by atoms with van der Waals surface area (Å²) in [6.07, 6.45) is 2.87. The van der Waals surface area contributed by atoms with Gasteiger partial charge in [0.15, 0.2) is 0 Å². The van der Waals surface area contributed by atoms with Gasteiger partial charge in [0.25, 0.3) is 0 Å². The van der Waals surface area contributed by atoms with E-state index >= 15 is 0 Å². The first kappa shape index (κ1) is 8.03. The molecule has 2 nitrogen and oxygen atoms in total. The fourth-order valence-electron chi connectivity index (χ4n) is 1.08. The van der Waals surface area contributed by atoms with Gasteiger partial charge in [-0.15, -0.1) is 0 Å². The average molecular weight is 204 g/mol. The third-order valence-corrected chi connectivity index (χ3v) is 2.70. The average Bonchev–Trinajstić information content (AvgIpc) is 1.94. The Morgan fingerprint density at radius 3 is 3.10 bits per heavy atom. The van der Waals surface area contributed by atoms with Crippen LogP contribution in [0.2, 0.25) is 0 Å². The van der Waals surface area contributed by atoms with Crippen molar-refractivity contribution in [3.05, 3.63) is 0 Å². The summed E-state index contributed by atoms with van der Waals surface area (Å²) in [6, 6.07) is 2.11. The lowest BCUT2D eigenvalue weighted by Crippen LogP contribution is -2.29. The molecule has 0 saturated carbocycles. The van der Waals surface area contributed by atoms with Crippen molar-refractivity contribution in [2.24, 2.45) is 0 Å². The summed E-state index contributed by atoms with van der Waals surface area (Å²) in [7, 11) is 0. The summed E-state index contributed by atoms with van der Waals surface area (Å²) in [5, 5.41) is 8.39. The number of alkyl halides is 1. The number of nitrogens with zero attached hydrogens (tertiary/aromatic N) is 1. The number of hydrogen-bond donors (Lipinski definition) is 0. The molecule has 1 aliphatic heterocycles. The van der Waals surface area contributed by atoms with Crippen molar-refractivity contribution < 1.29 is 4.74 Å². The van der Waals surface area contributed by atoms with Crippen LogP contribution in [0.25, 0.3) is 0 Å². The first-order valence-electron chi connectivity index (χ1n) is 3.47. The van der Waals surface area contributed by atoms with Gasteiger partial charge < -0.3 is 4.74 Å². The third kappa shape index (κ3) is 1.96. The van der Waals surface area contributed by atoms with E-state index in [0.717, 1.165) is 19.4 Å². The highest BCUT2D eigenvalue weighted by Crippen LogP contribution is 2.22. The smallest absolute Gasteiger partial charge is 0.0829 e. The van der Waals surface area contributed by atoms with E-state index in [2.05, 4.69) is 22.0 Å². The lowest BCUT2D eigenvalue weighted by atomic mass is 10.1. The molecule has 0 amide bonds. The molecular formula is C7H10BrNO. The van der Waals surface area contributed by atoms with Crippen molar-refractivity contribution in [1.82, 2.24) is 0 Å². The van der Waals surface area contributed by atoms with E-state index in [9.17, 15) is 0 Å². The zero-order valence-corrected chi connectivity index (χ0v) is 7.30. The van der Waals surface area contributed by atoms with Crippen LogP contribution in [0.3, 0.4) is 0 Å². The van der Waals surface area contributed by atoms with Gasteiger partial charge in [0.05, 0.1) is 18.6 Å². The molecule has 1 fully saturated rings. The van der Waals surface area contributed by atoms with Crippen LogP contribution < -0.4 is 0 Å². The molecule has 0 spiro atoms. The van der Waals surface area contributed by atoms with Gasteiger partial charge in [-0.25, -0.2) is 0 Å². The maximum Gasteiger partial charge on any atom is 0.0829 e. The highest BCUT2D eigenvalue weighted by Gasteiger charge is 2.22. The third-order valence-electron chi connectivity index (χ3n) is 1.65. The SMILES string of the molecule is N#CCC1OCCCC1Br. The van der Waals surface area contributed by atoms with Gasteiger partial charge in [-0.3, -0.25) is 0 Å². The van der Waals surface area contributed by atoms with Crippen molar-refractivity contribution in [1.29, 1.82) is 5.26 Å². The van der Waals surface area contributed by atoms with Crippen LogP contribution in [-0.4, -0.2) is 17.5 Å². The molecule has 2 atom stereocenters. The summed E-state index contributed by atoms with van der Waals surface area (Å²) < 4.78 is 5.36. The standard InChI is InChI=1S/C7H10BrNO/c8-6-2-1-5-10-7(6)3-4-9/h6-7H,1-3,5H2. The van der Waals surface area contributed by atoms with Gasteiger partial charge in [0.2, 0.25) is 0 Å². The minimum Gasteiger partial charge on any atom is -0.376 e. The van der Waals surface area contributed by atoms with Crippen molar-refractivity contribution >= 4 is 15.9 Å². The molecule has 1 aliphatic rings. The van der Waals surface area contributed by atoms with Gasteiger partial charge >= 0.3 is 0 Å². The molecule has 0 aliphatic carbocycles. The Morgan fingerprint density at radius 1 is 1.70 bits per heavy atom. The second-order valence-corrected chi connectivity index (χ2v) is 3.61. The van der Waals surface area contributed by atoms with E-state index in [0.29, 0.717) is 11.2 Å². The van der Waals surface area contributed by atoms with E-state index in [-0.39, 0.29) is 6.10 Å². The fraction of sp³-hybridized carbons (Fsp3) is 0.857. The Kier molecular flexibility index (Phi) is 3.17. The molecule has 56 valence electrons. The van der Waals surface area contributed by atoms with E-state index in [4.69, 9.17) is 10.00 Å². The zero-order chi connectivity index (χ0) is 7.40. The number of hydrogen-bond acceptors (Lipinski definition) is 2. The fourth-order valence-corrected chi connectivity index (χ4v) is 1.74. The summed E-state index contributed by atoms with van der Waals surface area (Å²) >= 11 is 3.48. The monoisotopic (exact) mass is 203 g/mol. The Morgan fingerprint density at radius 2 is 2.50 bits per heavy atom. The molecule has 0 aromatic rings. The lowest BCUT2D eigenvalue weighted by Gasteiger charge is -2.25. The topological polar surface area (TPSA) is 33.0 Å². The number of halogens is 1. The molecule has 1 rings (SSSR count). The van der Waals surface area contributed by atoms with E-state index < -0.39 is 0 Å². The number of rotatable bonds is 1. The highest BCUT2D eigenvalue weighted by atomic mass is 79.9. The Bertz CT molecular complexity index is 143. The lowest BCUT2D eigenvalue weighted by molar-refractivity contribution is 0.0261. The van der Waals surface area contributed by atoms with Gasteiger partial charge in [0.1, 0.15) is 0 Å². The number of nitriles is 1. The molecule has 1 saturated heterocycles. The minimum absolute atomic E-state index is 0.124. The highest BCUT2D eigenvalue weighted by molar-refractivity contribution is 9.09. The van der Waals surface area contributed by atoms with Gasteiger partial charge in [-0.2, -0.15) is 5.26 Å². The molecule has 3 heteroatoms. The summed E-state index contributed by atoms with van der Waals surface area (Å²) in [6.45, 7) is 0.814. The Labute approximate surface area is 69.3 Å². The Balaban J connectivity index is 2.34. The molecule has 10 heavy (non-hydrogen) atoms. The minimum atomic E-state index is 0.124. The predicted molar refractivity (Wildman–Crippen MR) is 41.9 cm³/mol. The van der Waals surface area contributed by atoms with Crippen LogP contribution in [0.15, 0.2) is 0 Å². The van der Waals surface area contributed by atoms with Crippen molar-refractivity contribution in [3.63, 3.8) is 0 Å². The normalized spacial score (nSPS) is 33.2. The Hall–Kier alpha value is -0.0700. The van der Waals surface area contributed by atoms with Crippen LogP contribution >= 0.6 is 15.9 Å². The molecule has 0 aromatic carbocycles. The van der Waals surface area contributed by atoms with Crippen molar-refractivity contribution in [3.8, 4) is 6.07 Å². The molecule has 0 N–H and O–H groups in total. The first-order chi connectivity index (χ1) is 4.84. The molecular weight excluding hydrogens is 194 g/mol. The second kappa shape index (κ2) is 3.95. The van der Waals surface area contributed by atoms with Crippen molar-refractivity contribution in [2.75, 3.05) is 6.61 Å². The quantitative estimate of drug-likeness (QED) is 0.610. The van der Waals surface area contributed by atoms with Crippen LogP contribution in [0.1, 0.15) is 19.3 Å². The second-order valence-electron chi connectivity index (χ2n) is 2.43. The van der Waals surface area contributed by atoms with Gasteiger partial charge in [0, 0.05) is 11.4 Å². The summed E-state index contributed by atoms with van der Waals surface area (Å²) in [4.78, 5) is 0.390. The maximum atomic E-state index is 8.39. The molecule has 0 radical (unpaired) electrons. The molecule has 0 aromatic heterocycles. The predicted octanol–water partition coefficient (Wildman–Crippen LogP) is 1.84. The van der Waals surface area contributed by atoms with Gasteiger partial charge in [-0.1, -0.05) is 15.9 Å². The molecule has 2 unspecified atom stereocenters. The van der Waals surface area contributed by atoms with E-state index in [1.54, 1.807) is 0 Å². The van der Waals surface area contributed by atoms with Crippen molar-refractivity contribution in [2.45, 2.75) is 30.2 Å². The van der Waals surface area contributed by atoms with Crippen LogP contribution in [0.5, 0.6) is 0 Å². The van der Waals surface area contributed by atoms with Gasteiger partial charge in [-0.05, 0) is 12.8 Å². The largest absolute Gasteiger partial charge is 0.376 e. The zero-order valence-electron chi connectivity index (χ0n) is 5.72. The van der Waals surface area contributed by atoms with E-state index in [1.807, 2.05) is 0 Å². The van der Waals surface area contributed by atoms with Crippen LogP contribution in [0.4, 0.5) is 0 Å². The molecule has 0 bridgehead atoms. The van der Waals surface area contributed by atoms with E-state index in [1.165, 1.54) is 0 Å². The summed E-state index contributed by atoms with van der Waals surface area (Å²) in [5.74, 6) is 0. The number of ether oxygens (including phenoxy) is 1. The van der Waals surface area contributed by atoms with Crippen LogP contribution in [-0.2, 0) is 4.74 Å². The first-order valence-corrected chi connectivity index (χ1v) is 4.39. The maximum absolute atomic E-state index is 8.39. The van der Waals surface area contributed by atoms with Crippen LogP contribution in [0, 0.1) is 11.3 Å². The summed E-state index contributed by atoms with van der Waals surface area (Å²) in [5.41, 5.74) is 0.